The molecule has 0 radical (unpaired) electrons. The number of benzene rings is 1. The fourth-order valence-corrected chi connectivity index (χ4v) is 4.68. The first-order valence-corrected chi connectivity index (χ1v) is 8.04. The Balaban J connectivity index is 2.09. The molecule has 0 bridgehead atoms. The summed E-state index contributed by atoms with van der Waals surface area (Å²) >= 11 is 6.11. The van der Waals surface area contributed by atoms with Crippen LogP contribution in [0.3, 0.4) is 0 Å². The van der Waals surface area contributed by atoms with Crippen LogP contribution in [0.25, 0.3) is 0 Å². The summed E-state index contributed by atoms with van der Waals surface area (Å²) < 4.78 is 0. The Bertz CT molecular complexity index is 586. The maximum atomic E-state index is 12.6. The molecule has 1 aromatic rings. The largest absolute Gasteiger partial charge is 0.296 e. The molecule has 1 heterocycles. The van der Waals surface area contributed by atoms with E-state index in [-0.39, 0.29) is 23.1 Å². The van der Waals surface area contributed by atoms with Gasteiger partial charge in [0, 0.05) is 11.4 Å². The maximum Gasteiger partial charge on any atom is 0.234 e. The molecule has 3 unspecified atom stereocenters. The molecule has 1 spiro atoms. The molecule has 1 saturated carbocycles. The van der Waals surface area contributed by atoms with Crippen molar-refractivity contribution in [2.75, 3.05) is 0 Å². The average Bonchev–Trinajstić information content (AvgIpc) is 2.80. The van der Waals surface area contributed by atoms with Crippen molar-refractivity contribution in [1.82, 2.24) is 5.32 Å². The number of nitrogens with one attached hydrogen (secondary N) is 1. The topological polar surface area (TPSA) is 46.2 Å². The van der Waals surface area contributed by atoms with Crippen molar-refractivity contribution in [1.29, 1.82) is 0 Å². The summed E-state index contributed by atoms with van der Waals surface area (Å²) in [6.07, 6.45) is 4.61. The van der Waals surface area contributed by atoms with Crippen LogP contribution >= 0.6 is 11.6 Å². The van der Waals surface area contributed by atoms with E-state index < -0.39 is 0 Å². The average molecular weight is 306 g/mol. The molecule has 4 heteroatoms. The molecule has 3 nitrogen and oxygen atoms in total. The molecule has 2 aliphatic rings. The molecule has 1 aliphatic carbocycles. The molecule has 2 amide bonds. The zero-order chi connectivity index (χ0) is 15.0. The fraction of sp³-hybridized carbons (Fsp3) is 0.529. The van der Waals surface area contributed by atoms with E-state index in [1.54, 1.807) is 0 Å². The normalized spacial score (nSPS) is 32.5. The summed E-state index contributed by atoms with van der Waals surface area (Å²) in [5.74, 6) is -0.120. The van der Waals surface area contributed by atoms with E-state index in [1.807, 2.05) is 24.3 Å². The Morgan fingerprint density at radius 2 is 2.19 bits per heavy atom. The Hall–Kier alpha value is -1.35. The van der Waals surface area contributed by atoms with Crippen molar-refractivity contribution < 1.29 is 9.59 Å². The second-order valence-corrected chi connectivity index (χ2v) is 6.74. The van der Waals surface area contributed by atoms with Crippen molar-refractivity contribution in [3.8, 4) is 0 Å². The summed E-state index contributed by atoms with van der Waals surface area (Å²) in [5, 5.41) is 3.16. The highest BCUT2D eigenvalue weighted by molar-refractivity contribution is 6.30. The number of imide groups is 1. The highest BCUT2D eigenvalue weighted by Gasteiger charge is 2.54. The molecule has 3 atom stereocenters. The van der Waals surface area contributed by atoms with E-state index in [2.05, 4.69) is 12.2 Å². The van der Waals surface area contributed by atoms with E-state index in [9.17, 15) is 9.59 Å². The molecule has 1 N–H and O–H groups in total. The highest BCUT2D eigenvalue weighted by Crippen LogP contribution is 2.57. The van der Waals surface area contributed by atoms with Crippen LogP contribution < -0.4 is 5.32 Å². The number of halogens is 1. The molecule has 2 fully saturated rings. The summed E-state index contributed by atoms with van der Waals surface area (Å²) in [4.78, 5) is 24.5. The van der Waals surface area contributed by atoms with Gasteiger partial charge in [-0.3, -0.25) is 14.9 Å². The fourth-order valence-electron chi connectivity index (χ4n) is 4.48. The third-order valence-corrected chi connectivity index (χ3v) is 5.51. The molecule has 3 rings (SSSR count). The Morgan fingerprint density at radius 3 is 2.90 bits per heavy atom. The Morgan fingerprint density at radius 1 is 1.38 bits per heavy atom. The molecule has 112 valence electrons. The predicted molar refractivity (Wildman–Crippen MR) is 82.0 cm³/mol. The SMILES string of the molecule is CCC1CCCC12CC(=O)NC(=O)C2c1cccc(Cl)c1. The van der Waals surface area contributed by atoms with E-state index in [1.165, 1.54) is 0 Å². The number of carbonyl (C=O) groups excluding carboxylic acids is 2. The third kappa shape index (κ3) is 2.38. The predicted octanol–water partition coefficient (Wildman–Crippen LogP) is 3.67. The number of rotatable bonds is 2. The van der Waals surface area contributed by atoms with Crippen LogP contribution in [0.5, 0.6) is 0 Å². The first-order chi connectivity index (χ1) is 10.1. The highest BCUT2D eigenvalue weighted by atomic mass is 35.5. The van der Waals surface area contributed by atoms with Gasteiger partial charge >= 0.3 is 0 Å². The molecule has 1 aromatic carbocycles. The zero-order valence-corrected chi connectivity index (χ0v) is 13.0. The second kappa shape index (κ2) is 5.45. The Labute approximate surface area is 130 Å². The summed E-state index contributed by atoms with van der Waals surface area (Å²) in [7, 11) is 0. The molecule has 1 saturated heterocycles. The Kier molecular flexibility index (Phi) is 3.78. The van der Waals surface area contributed by atoms with Crippen LogP contribution in [0.1, 0.15) is 50.5 Å². The molecule has 21 heavy (non-hydrogen) atoms. The van der Waals surface area contributed by atoms with Gasteiger partial charge in [-0.2, -0.15) is 0 Å². The standard InChI is InChI=1S/C17H20ClNO2/c1-2-12-6-4-8-17(12)10-14(20)19-16(21)15(17)11-5-3-7-13(18)9-11/h3,5,7,9,12,15H,2,4,6,8,10H2,1H3,(H,19,20,21). The van der Waals surface area contributed by atoms with Gasteiger partial charge in [0.15, 0.2) is 0 Å². The quantitative estimate of drug-likeness (QED) is 0.847. The summed E-state index contributed by atoms with van der Waals surface area (Å²) in [5.41, 5.74) is 0.714. The summed E-state index contributed by atoms with van der Waals surface area (Å²) in [6.45, 7) is 2.16. The van der Waals surface area contributed by atoms with Gasteiger partial charge < -0.3 is 0 Å². The van der Waals surface area contributed by atoms with Crippen LogP contribution in [0.2, 0.25) is 5.02 Å². The van der Waals surface area contributed by atoms with Crippen LogP contribution in [0, 0.1) is 11.3 Å². The van der Waals surface area contributed by atoms with Gasteiger partial charge in [-0.25, -0.2) is 0 Å². The third-order valence-electron chi connectivity index (χ3n) is 5.27. The van der Waals surface area contributed by atoms with E-state index >= 15 is 0 Å². The number of amides is 2. The smallest absolute Gasteiger partial charge is 0.234 e. The van der Waals surface area contributed by atoms with E-state index in [0.29, 0.717) is 17.4 Å². The monoisotopic (exact) mass is 305 g/mol. The van der Waals surface area contributed by atoms with Gasteiger partial charge in [0.2, 0.25) is 11.8 Å². The van der Waals surface area contributed by atoms with Gasteiger partial charge in [-0.15, -0.1) is 0 Å². The number of carbonyl (C=O) groups is 2. The second-order valence-electron chi connectivity index (χ2n) is 6.31. The van der Waals surface area contributed by atoms with Crippen LogP contribution in [-0.2, 0) is 9.59 Å². The van der Waals surface area contributed by atoms with Gasteiger partial charge in [0.05, 0.1) is 5.92 Å². The van der Waals surface area contributed by atoms with Gasteiger partial charge in [-0.05, 0) is 41.9 Å². The zero-order valence-electron chi connectivity index (χ0n) is 12.2. The van der Waals surface area contributed by atoms with Crippen LogP contribution in [-0.4, -0.2) is 11.8 Å². The molecular formula is C17H20ClNO2. The minimum absolute atomic E-state index is 0.126. The van der Waals surface area contributed by atoms with Gasteiger partial charge in [-0.1, -0.05) is 43.5 Å². The van der Waals surface area contributed by atoms with E-state index in [4.69, 9.17) is 11.6 Å². The number of hydrogen-bond donors (Lipinski definition) is 1. The lowest BCUT2D eigenvalue weighted by atomic mass is 9.61. The molecular weight excluding hydrogens is 286 g/mol. The van der Waals surface area contributed by atoms with Gasteiger partial charge in [0.25, 0.3) is 0 Å². The minimum Gasteiger partial charge on any atom is -0.296 e. The lowest BCUT2D eigenvalue weighted by Crippen LogP contribution is -2.52. The van der Waals surface area contributed by atoms with E-state index in [0.717, 1.165) is 31.2 Å². The van der Waals surface area contributed by atoms with Crippen molar-refractivity contribution in [2.45, 2.75) is 44.9 Å². The van der Waals surface area contributed by atoms with Crippen LogP contribution in [0.15, 0.2) is 24.3 Å². The van der Waals surface area contributed by atoms with Crippen molar-refractivity contribution >= 4 is 23.4 Å². The number of piperidine rings is 1. The van der Waals surface area contributed by atoms with Crippen molar-refractivity contribution in [3.63, 3.8) is 0 Å². The van der Waals surface area contributed by atoms with Crippen LogP contribution in [0.4, 0.5) is 0 Å². The number of hydrogen-bond acceptors (Lipinski definition) is 2. The maximum absolute atomic E-state index is 12.6. The molecule has 0 aromatic heterocycles. The van der Waals surface area contributed by atoms with Gasteiger partial charge in [0.1, 0.15) is 0 Å². The van der Waals surface area contributed by atoms with Crippen molar-refractivity contribution in [3.05, 3.63) is 34.9 Å². The van der Waals surface area contributed by atoms with Crippen molar-refractivity contribution in [2.24, 2.45) is 11.3 Å². The minimum atomic E-state index is -0.263. The summed E-state index contributed by atoms with van der Waals surface area (Å²) in [6, 6.07) is 7.52. The first-order valence-electron chi connectivity index (χ1n) is 7.66. The lowest BCUT2D eigenvalue weighted by Gasteiger charge is -2.44. The lowest BCUT2D eigenvalue weighted by molar-refractivity contribution is -0.141. The first kappa shape index (κ1) is 14.6. The molecule has 1 aliphatic heterocycles.